The van der Waals surface area contributed by atoms with Gasteiger partial charge in [-0.2, -0.15) is 0 Å². The summed E-state index contributed by atoms with van der Waals surface area (Å²) < 4.78 is 13.2. The zero-order valence-corrected chi connectivity index (χ0v) is 23.8. The van der Waals surface area contributed by atoms with E-state index in [2.05, 4.69) is 17.6 Å². The number of carbonyl (C=O) groups is 1. The summed E-state index contributed by atoms with van der Waals surface area (Å²) in [5.41, 5.74) is 3.51. The highest BCUT2D eigenvalue weighted by Gasteiger charge is 2.34. The number of nitro benzene ring substituents is 1. The predicted molar refractivity (Wildman–Crippen MR) is 154 cm³/mol. The average Bonchev–Trinajstić information content (AvgIpc) is 3.47. The molecule has 0 fully saturated rings. The Balaban J connectivity index is 1.63. The third kappa shape index (κ3) is 4.93. The van der Waals surface area contributed by atoms with E-state index in [0.29, 0.717) is 48.1 Å². The number of nitrogens with zero attached hydrogens (tertiary/aromatic N) is 3. The molecule has 0 bridgehead atoms. The molecule has 11 heteroatoms. The Labute approximate surface area is 238 Å². The number of allylic oxidation sites excluding steroid dienone is 1. The van der Waals surface area contributed by atoms with Crippen LogP contribution in [-0.2, 0) is 9.53 Å². The van der Waals surface area contributed by atoms with Gasteiger partial charge >= 0.3 is 5.97 Å². The normalized spacial score (nSPS) is 15.1. The van der Waals surface area contributed by atoms with Crippen LogP contribution in [0.3, 0.4) is 0 Å². The number of ether oxygens (including phenoxy) is 1. The van der Waals surface area contributed by atoms with E-state index in [1.807, 2.05) is 25.1 Å². The highest BCUT2D eigenvalue weighted by molar-refractivity contribution is 7.80. The maximum Gasteiger partial charge on any atom is 0.338 e. The lowest BCUT2D eigenvalue weighted by molar-refractivity contribution is -0.384. The first-order valence-electron chi connectivity index (χ1n) is 12.4. The lowest BCUT2D eigenvalue weighted by Gasteiger charge is -2.25. The minimum Gasteiger partial charge on any atom is -0.463 e. The quantitative estimate of drug-likeness (QED) is 0.152. The first kappa shape index (κ1) is 27.4. The van der Waals surface area contributed by atoms with Crippen LogP contribution in [0.25, 0.3) is 17.4 Å². The van der Waals surface area contributed by atoms with E-state index in [1.165, 1.54) is 28.0 Å². The molecule has 0 radical (unpaired) electrons. The molecule has 9 nitrogen and oxygen atoms in total. The molecule has 0 spiro atoms. The van der Waals surface area contributed by atoms with E-state index in [0.717, 1.165) is 5.56 Å². The first-order valence-corrected chi connectivity index (χ1v) is 13.7. The van der Waals surface area contributed by atoms with E-state index in [1.54, 1.807) is 45.0 Å². The minimum absolute atomic E-state index is 0.000814. The molecule has 0 saturated carbocycles. The van der Waals surface area contributed by atoms with Crippen LogP contribution in [0.4, 0.5) is 5.69 Å². The predicted octanol–water partition coefficient (Wildman–Crippen LogP) is 4.87. The van der Waals surface area contributed by atoms with Crippen molar-refractivity contribution in [2.75, 3.05) is 6.61 Å². The molecular formula is C29H25N3O6S2. The fourth-order valence-corrected chi connectivity index (χ4v) is 6.14. The fourth-order valence-electron chi connectivity index (χ4n) is 4.71. The number of carbonyl (C=O) groups excluding carboxylic acids is 1. The van der Waals surface area contributed by atoms with Gasteiger partial charge in [0, 0.05) is 28.7 Å². The number of aromatic nitrogens is 1. The fraction of sp³-hybridized carbons (Fsp3) is 0.207. The number of rotatable bonds is 6. The molecule has 5 rings (SSSR count). The van der Waals surface area contributed by atoms with Crippen molar-refractivity contribution >= 4 is 41.7 Å². The monoisotopic (exact) mass is 575 g/mol. The molecule has 0 aliphatic carbocycles. The largest absolute Gasteiger partial charge is 0.463 e. The number of furan rings is 1. The van der Waals surface area contributed by atoms with Crippen molar-refractivity contribution < 1.29 is 18.9 Å². The molecule has 1 aliphatic heterocycles. The number of hydrogen-bond donors (Lipinski definition) is 1. The number of fused-ring (bicyclic) bond motifs is 1. The Bertz CT molecular complexity index is 1900. The van der Waals surface area contributed by atoms with Crippen molar-refractivity contribution in [2.45, 2.75) is 38.6 Å². The molecule has 1 aliphatic rings. The second kappa shape index (κ2) is 10.7. The molecule has 0 N–H and O–H groups in total. The summed E-state index contributed by atoms with van der Waals surface area (Å²) in [6, 6.07) is 12.9. The zero-order chi connectivity index (χ0) is 28.7. The highest BCUT2D eigenvalue weighted by Crippen LogP contribution is 2.34. The second-order valence-corrected chi connectivity index (χ2v) is 10.8. The third-order valence-electron chi connectivity index (χ3n) is 6.58. The summed E-state index contributed by atoms with van der Waals surface area (Å²) in [7, 11) is 0. The Kier molecular flexibility index (Phi) is 7.35. The topological polar surface area (TPSA) is 117 Å². The maximum absolute atomic E-state index is 13.8. The Morgan fingerprint density at radius 3 is 2.65 bits per heavy atom. The number of hydrogen-bond acceptors (Lipinski definition) is 9. The molecular weight excluding hydrogens is 550 g/mol. The smallest absolute Gasteiger partial charge is 0.338 e. The number of thiazole rings is 1. The lowest BCUT2D eigenvalue weighted by atomic mass is 9.95. The van der Waals surface area contributed by atoms with Crippen LogP contribution in [0.1, 0.15) is 42.3 Å². The highest BCUT2D eigenvalue weighted by atomic mass is 32.1. The molecule has 0 amide bonds. The van der Waals surface area contributed by atoms with Crippen LogP contribution >= 0.6 is 24.0 Å². The number of thiol groups is 1. The van der Waals surface area contributed by atoms with Gasteiger partial charge in [0.25, 0.3) is 11.2 Å². The van der Waals surface area contributed by atoms with Gasteiger partial charge in [0.15, 0.2) is 4.80 Å². The van der Waals surface area contributed by atoms with Crippen LogP contribution < -0.4 is 14.9 Å². The van der Waals surface area contributed by atoms with Gasteiger partial charge in [0.1, 0.15) is 11.5 Å². The van der Waals surface area contributed by atoms with Crippen molar-refractivity contribution in [2.24, 2.45) is 4.99 Å². The first-order chi connectivity index (χ1) is 19.1. The summed E-state index contributed by atoms with van der Waals surface area (Å²) in [5, 5.41) is 11.1. The Morgan fingerprint density at radius 2 is 1.98 bits per heavy atom. The summed E-state index contributed by atoms with van der Waals surface area (Å²) in [6.07, 6.45) is 1.63. The summed E-state index contributed by atoms with van der Waals surface area (Å²) >= 11 is 5.86. The van der Waals surface area contributed by atoms with Gasteiger partial charge in [0.2, 0.25) is 0 Å². The molecule has 1 atom stereocenters. The molecule has 40 heavy (non-hydrogen) atoms. The van der Waals surface area contributed by atoms with Crippen LogP contribution in [0.15, 0.2) is 78.9 Å². The Hall–Kier alpha value is -4.22. The van der Waals surface area contributed by atoms with E-state index < -0.39 is 16.9 Å². The number of aryl methyl sites for hydroxylation is 2. The van der Waals surface area contributed by atoms with E-state index in [9.17, 15) is 19.7 Å². The van der Waals surface area contributed by atoms with Gasteiger partial charge in [0.05, 0.1) is 33.4 Å². The van der Waals surface area contributed by atoms with Crippen LogP contribution in [0.5, 0.6) is 0 Å². The molecule has 1 unspecified atom stereocenters. The third-order valence-corrected chi connectivity index (χ3v) is 7.95. The number of benzene rings is 2. The average molecular weight is 576 g/mol. The molecule has 3 heterocycles. The summed E-state index contributed by atoms with van der Waals surface area (Å²) in [4.78, 5) is 43.2. The minimum atomic E-state index is -0.763. The van der Waals surface area contributed by atoms with Gasteiger partial charge in [-0.1, -0.05) is 29.0 Å². The summed E-state index contributed by atoms with van der Waals surface area (Å²) in [5.74, 6) is 0.413. The van der Waals surface area contributed by atoms with Gasteiger partial charge in [-0.3, -0.25) is 19.5 Å². The molecule has 2 aromatic carbocycles. The van der Waals surface area contributed by atoms with Gasteiger partial charge in [-0.25, -0.2) is 9.79 Å². The number of esters is 1. The second-order valence-electron chi connectivity index (χ2n) is 9.32. The van der Waals surface area contributed by atoms with Gasteiger partial charge in [-0.05, 0) is 63.1 Å². The van der Waals surface area contributed by atoms with Crippen molar-refractivity contribution in [1.29, 1.82) is 0 Å². The molecule has 4 aromatic rings. The molecule has 2 aromatic heterocycles. The van der Waals surface area contributed by atoms with Crippen molar-refractivity contribution in [3.8, 4) is 11.3 Å². The summed E-state index contributed by atoms with van der Waals surface area (Å²) in [6.45, 7) is 7.35. The SMILES string of the molecule is CCOC(=O)C1=C(C)N=c2s/c(=C\c3ccc(-c4ccc([N+](=O)[O-])cc4C)o3)c(=O)n2C1c1ccc(C)cc1S. The van der Waals surface area contributed by atoms with Crippen molar-refractivity contribution in [3.63, 3.8) is 0 Å². The standard InChI is InChI=1S/C29H25N3O6S2/c1-5-37-28(34)25-17(4)30-29-31(26(25)21-9-6-15(2)12-23(21)39)27(33)24(40-29)14-19-8-11-22(38-19)20-10-7-18(32(35)36)13-16(20)3/h6-14,26,39H,5H2,1-4H3/b24-14-. The Morgan fingerprint density at radius 1 is 1.20 bits per heavy atom. The number of non-ortho nitro benzene ring substituents is 1. The van der Waals surface area contributed by atoms with E-state index >= 15 is 0 Å². The maximum atomic E-state index is 13.8. The zero-order valence-electron chi connectivity index (χ0n) is 22.1. The van der Waals surface area contributed by atoms with E-state index in [-0.39, 0.29) is 23.4 Å². The molecule has 0 saturated heterocycles. The number of nitro groups is 1. The van der Waals surface area contributed by atoms with Crippen molar-refractivity contribution in [3.05, 3.63) is 112 Å². The van der Waals surface area contributed by atoms with Crippen LogP contribution in [-0.4, -0.2) is 22.1 Å². The lowest BCUT2D eigenvalue weighted by Crippen LogP contribution is -2.40. The van der Waals surface area contributed by atoms with Crippen molar-refractivity contribution in [1.82, 2.24) is 4.57 Å². The molecule has 204 valence electrons. The van der Waals surface area contributed by atoms with Gasteiger partial charge < -0.3 is 9.15 Å². The van der Waals surface area contributed by atoms with Gasteiger partial charge in [-0.15, -0.1) is 12.6 Å². The van der Waals surface area contributed by atoms with Crippen LogP contribution in [0.2, 0.25) is 0 Å². The van der Waals surface area contributed by atoms with Crippen LogP contribution in [0, 0.1) is 24.0 Å². The van der Waals surface area contributed by atoms with E-state index in [4.69, 9.17) is 9.15 Å².